The Morgan fingerprint density at radius 2 is 1.86 bits per heavy atom. The van der Waals surface area contributed by atoms with E-state index in [0.717, 1.165) is 5.56 Å². The minimum Gasteiger partial charge on any atom is -0.379 e. The van der Waals surface area contributed by atoms with Crippen LogP contribution in [0.1, 0.15) is 18.9 Å². The van der Waals surface area contributed by atoms with Crippen molar-refractivity contribution in [2.24, 2.45) is 5.16 Å². The van der Waals surface area contributed by atoms with Gasteiger partial charge < -0.3 is 10.2 Å². The second-order valence-electron chi connectivity index (χ2n) is 5.34. The molecule has 1 amide bonds. The van der Waals surface area contributed by atoms with E-state index < -0.39 is 17.3 Å². The molecule has 112 valence electrons. The summed E-state index contributed by atoms with van der Waals surface area (Å²) in [6.07, 6.45) is 0.331. The first-order valence-corrected chi connectivity index (χ1v) is 6.95. The molecule has 0 spiro atoms. The third-order valence-corrected chi connectivity index (χ3v) is 3.57. The predicted molar refractivity (Wildman–Crippen MR) is 82.1 cm³/mol. The lowest BCUT2D eigenvalue weighted by Gasteiger charge is -2.20. The van der Waals surface area contributed by atoms with Crippen molar-refractivity contribution in [3.05, 3.63) is 66.0 Å². The molecule has 0 saturated heterocycles. The lowest BCUT2D eigenvalue weighted by Crippen LogP contribution is -2.40. The minimum absolute atomic E-state index is 0.130. The zero-order chi connectivity index (χ0) is 15.6. The lowest BCUT2D eigenvalue weighted by molar-refractivity contribution is -0.135. The number of nitrogens with zero attached hydrogens (tertiary/aromatic N) is 1. The molecule has 2 aromatic carbocycles. The van der Waals surface area contributed by atoms with Crippen molar-refractivity contribution < 1.29 is 14.0 Å². The standard InChI is InChI=1S/C17H15FN2O2/c1-17(16(21)19-14-10-6-5-9-13(14)18)11-15(20-22-17)12-7-3-2-4-8-12/h2-10H,11H2,1H3,(H,19,21)/t17-/m0/s1. The van der Waals surface area contributed by atoms with Crippen molar-refractivity contribution in [3.63, 3.8) is 0 Å². The number of oxime groups is 1. The fraction of sp³-hybridized carbons (Fsp3) is 0.176. The van der Waals surface area contributed by atoms with Crippen LogP contribution in [0.3, 0.4) is 0 Å². The van der Waals surface area contributed by atoms with Crippen molar-refractivity contribution in [1.82, 2.24) is 0 Å². The Morgan fingerprint density at radius 3 is 2.59 bits per heavy atom. The summed E-state index contributed by atoms with van der Waals surface area (Å²) in [5.74, 6) is -0.908. The zero-order valence-corrected chi connectivity index (χ0v) is 12.0. The Labute approximate surface area is 127 Å². The van der Waals surface area contributed by atoms with Crippen LogP contribution in [0.5, 0.6) is 0 Å². The molecule has 0 aromatic heterocycles. The Hall–Kier alpha value is -2.69. The molecule has 0 saturated carbocycles. The Morgan fingerprint density at radius 1 is 1.18 bits per heavy atom. The number of anilines is 1. The van der Waals surface area contributed by atoms with Gasteiger partial charge in [0.25, 0.3) is 5.91 Å². The second-order valence-corrected chi connectivity index (χ2v) is 5.34. The summed E-state index contributed by atoms with van der Waals surface area (Å²) in [7, 11) is 0. The van der Waals surface area contributed by atoms with Crippen LogP contribution in [0, 0.1) is 5.82 Å². The number of halogens is 1. The van der Waals surface area contributed by atoms with Gasteiger partial charge in [-0.15, -0.1) is 0 Å². The zero-order valence-electron chi connectivity index (χ0n) is 12.0. The van der Waals surface area contributed by atoms with Crippen LogP contribution in [0.4, 0.5) is 10.1 Å². The van der Waals surface area contributed by atoms with Crippen LogP contribution < -0.4 is 5.32 Å². The van der Waals surface area contributed by atoms with Crippen molar-refractivity contribution in [3.8, 4) is 0 Å². The molecular weight excluding hydrogens is 283 g/mol. The number of hydrogen-bond acceptors (Lipinski definition) is 3. The van der Waals surface area contributed by atoms with Gasteiger partial charge in [-0.3, -0.25) is 4.79 Å². The molecule has 5 heteroatoms. The van der Waals surface area contributed by atoms with Crippen LogP contribution in [0.15, 0.2) is 59.8 Å². The van der Waals surface area contributed by atoms with Crippen molar-refractivity contribution >= 4 is 17.3 Å². The average Bonchev–Trinajstić information content (AvgIpc) is 2.94. The molecule has 1 atom stereocenters. The maximum Gasteiger partial charge on any atom is 0.271 e. The number of para-hydroxylation sites is 1. The third-order valence-electron chi connectivity index (χ3n) is 3.57. The van der Waals surface area contributed by atoms with Crippen LogP contribution in [0.25, 0.3) is 0 Å². The molecule has 1 heterocycles. The largest absolute Gasteiger partial charge is 0.379 e. The molecule has 0 aliphatic carbocycles. The lowest BCUT2D eigenvalue weighted by atomic mass is 9.95. The van der Waals surface area contributed by atoms with Gasteiger partial charge in [-0.1, -0.05) is 47.6 Å². The first kappa shape index (κ1) is 14.3. The van der Waals surface area contributed by atoms with Gasteiger partial charge in [0.15, 0.2) is 0 Å². The number of carbonyl (C=O) groups excluding carboxylic acids is 1. The van der Waals surface area contributed by atoms with Crippen LogP contribution >= 0.6 is 0 Å². The molecule has 22 heavy (non-hydrogen) atoms. The third kappa shape index (κ3) is 2.70. The van der Waals surface area contributed by atoms with E-state index >= 15 is 0 Å². The minimum atomic E-state index is -1.15. The molecule has 1 aliphatic rings. The Balaban J connectivity index is 1.73. The Kier molecular flexibility index (Phi) is 3.63. The number of benzene rings is 2. The number of nitrogens with one attached hydrogen (secondary N) is 1. The molecule has 2 aromatic rings. The van der Waals surface area contributed by atoms with E-state index in [1.165, 1.54) is 12.1 Å². The topological polar surface area (TPSA) is 50.7 Å². The van der Waals surface area contributed by atoms with Gasteiger partial charge in [-0.25, -0.2) is 4.39 Å². The van der Waals surface area contributed by atoms with Gasteiger partial charge in [-0.05, 0) is 24.6 Å². The fourth-order valence-corrected chi connectivity index (χ4v) is 2.26. The average molecular weight is 298 g/mol. The number of hydrogen-bond donors (Lipinski definition) is 1. The van der Waals surface area contributed by atoms with E-state index in [-0.39, 0.29) is 5.69 Å². The highest BCUT2D eigenvalue weighted by molar-refractivity contribution is 6.07. The first-order valence-electron chi connectivity index (χ1n) is 6.95. The van der Waals surface area contributed by atoms with Crippen LogP contribution in [0.2, 0.25) is 0 Å². The molecule has 3 rings (SSSR count). The fourth-order valence-electron chi connectivity index (χ4n) is 2.26. The SMILES string of the molecule is C[C@@]1(C(=O)Nc2ccccc2F)CC(c2ccccc2)=NO1. The molecule has 0 unspecified atom stereocenters. The van der Waals surface area contributed by atoms with E-state index in [1.807, 2.05) is 30.3 Å². The predicted octanol–water partition coefficient (Wildman–Crippen LogP) is 3.35. The number of amides is 1. The maximum atomic E-state index is 13.6. The van der Waals surface area contributed by atoms with E-state index in [9.17, 15) is 9.18 Å². The summed E-state index contributed by atoms with van der Waals surface area (Å²) in [5, 5.41) is 6.56. The number of carbonyl (C=O) groups is 1. The molecule has 1 aliphatic heterocycles. The van der Waals surface area contributed by atoms with Crippen molar-refractivity contribution in [2.75, 3.05) is 5.32 Å². The van der Waals surface area contributed by atoms with Gasteiger partial charge in [0.1, 0.15) is 5.82 Å². The van der Waals surface area contributed by atoms with Crippen molar-refractivity contribution in [2.45, 2.75) is 18.9 Å². The normalized spacial score (nSPS) is 20.2. The summed E-state index contributed by atoms with van der Waals surface area (Å²) in [6, 6.07) is 15.5. The summed E-state index contributed by atoms with van der Waals surface area (Å²) >= 11 is 0. The van der Waals surface area contributed by atoms with Gasteiger partial charge in [0.05, 0.1) is 11.4 Å². The summed E-state index contributed by atoms with van der Waals surface area (Å²) in [5.41, 5.74) is 0.593. The van der Waals surface area contributed by atoms with Gasteiger partial charge in [0, 0.05) is 6.42 Å². The quantitative estimate of drug-likeness (QED) is 0.944. The van der Waals surface area contributed by atoms with Crippen LogP contribution in [-0.4, -0.2) is 17.2 Å². The molecule has 1 N–H and O–H groups in total. The van der Waals surface area contributed by atoms with Gasteiger partial charge >= 0.3 is 0 Å². The first-order chi connectivity index (χ1) is 10.6. The molecule has 0 radical (unpaired) electrons. The molecule has 4 nitrogen and oxygen atoms in total. The van der Waals surface area contributed by atoms with Gasteiger partial charge in [0.2, 0.25) is 5.60 Å². The Bertz CT molecular complexity index is 730. The smallest absolute Gasteiger partial charge is 0.271 e. The highest BCUT2D eigenvalue weighted by Gasteiger charge is 2.42. The summed E-state index contributed by atoms with van der Waals surface area (Å²) < 4.78 is 13.6. The van der Waals surface area contributed by atoms with E-state index in [0.29, 0.717) is 12.1 Å². The number of rotatable bonds is 3. The van der Waals surface area contributed by atoms with E-state index in [4.69, 9.17) is 4.84 Å². The molecular formula is C17H15FN2O2. The monoisotopic (exact) mass is 298 g/mol. The highest BCUT2D eigenvalue weighted by atomic mass is 19.1. The maximum absolute atomic E-state index is 13.6. The highest BCUT2D eigenvalue weighted by Crippen LogP contribution is 2.28. The summed E-state index contributed by atoms with van der Waals surface area (Å²) in [4.78, 5) is 17.7. The van der Waals surface area contributed by atoms with Crippen LogP contribution in [-0.2, 0) is 9.63 Å². The van der Waals surface area contributed by atoms with E-state index in [2.05, 4.69) is 10.5 Å². The van der Waals surface area contributed by atoms with Gasteiger partial charge in [-0.2, -0.15) is 0 Å². The second kappa shape index (κ2) is 5.60. The summed E-state index contributed by atoms with van der Waals surface area (Å²) in [6.45, 7) is 1.64. The molecule has 0 bridgehead atoms. The van der Waals surface area contributed by atoms with E-state index in [1.54, 1.807) is 19.1 Å². The van der Waals surface area contributed by atoms with Crippen molar-refractivity contribution in [1.29, 1.82) is 0 Å². The molecule has 0 fully saturated rings.